The van der Waals surface area contributed by atoms with Gasteiger partial charge in [0.15, 0.2) is 0 Å². The van der Waals surface area contributed by atoms with E-state index in [2.05, 4.69) is 4.72 Å². The highest BCUT2D eigenvalue weighted by molar-refractivity contribution is 7.89. The molecule has 0 bridgehead atoms. The molecule has 7 heteroatoms. The van der Waals surface area contributed by atoms with E-state index in [0.29, 0.717) is 18.5 Å². The molecule has 0 saturated carbocycles. The normalized spacial score (nSPS) is 11.5. The number of amides is 1. The minimum atomic E-state index is -3.57. The van der Waals surface area contributed by atoms with Gasteiger partial charge in [-0.15, -0.1) is 0 Å². The Kier molecular flexibility index (Phi) is 5.52. The minimum absolute atomic E-state index is 0.160. The van der Waals surface area contributed by atoms with Gasteiger partial charge in [0, 0.05) is 18.7 Å². The summed E-state index contributed by atoms with van der Waals surface area (Å²) in [6, 6.07) is 3.05. The van der Waals surface area contributed by atoms with Crippen LogP contribution in [0.5, 0.6) is 0 Å². The van der Waals surface area contributed by atoms with Gasteiger partial charge in [-0.25, -0.2) is 13.1 Å². The van der Waals surface area contributed by atoms with Crippen molar-refractivity contribution in [1.82, 2.24) is 4.72 Å². The van der Waals surface area contributed by atoms with Crippen molar-refractivity contribution in [3.8, 4) is 0 Å². The van der Waals surface area contributed by atoms with Gasteiger partial charge in [0.1, 0.15) is 0 Å². The van der Waals surface area contributed by atoms with Gasteiger partial charge in [0.25, 0.3) is 0 Å². The summed E-state index contributed by atoms with van der Waals surface area (Å²) in [5.41, 5.74) is 13.0. The number of rotatable bonds is 7. The van der Waals surface area contributed by atoms with Crippen molar-refractivity contribution < 1.29 is 13.2 Å². The third kappa shape index (κ3) is 4.50. The molecule has 1 aromatic rings. The van der Waals surface area contributed by atoms with Gasteiger partial charge in [-0.3, -0.25) is 4.79 Å². The predicted octanol–water partition coefficient (Wildman–Crippen LogP) is 0.820. The van der Waals surface area contributed by atoms with E-state index in [0.717, 1.165) is 11.1 Å². The third-order valence-corrected chi connectivity index (χ3v) is 4.57. The maximum Gasteiger partial charge on any atom is 0.240 e. The molecule has 112 valence electrons. The maximum atomic E-state index is 12.1. The van der Waals surface area contributed by atoms with Crippen molar-refractivity contribution in [1.29, 1.82) is 0 Å². The Hall–Kier alpha value is -1.60. The van der Waals surface area contributed by atoms with Gasteiger partial charge in [0.2, 0.25) is 15.9 Å². The first-order chi connectivity index (χ1) is 9.24. The van der Waals surface area contributed by atoms with Crippen molar-refractivity contribution in [2.24, 2.45) is 5.73 Å². The SMILES string of the molecule is Cc1cc(S(=O)(=O)NCCCCC(N)=O)cc(N)c1C. The molecule has 1 amide bonds. The lowest BCUT2D eigenvalue weighted by Gasteiger charge is -2.10. The van der Waals surface area contributed by atoms with Crippen molar-refractivity contribution in [3.63, 3.8) is 0 Å². The number of carbonyl (C=O) groups is 1. The van der Waals surface area contributed by atoms with Gasteiger partial charge >= 0.3 is 0 Å². The molecular formula is C13H21N3O3S. The highest BCUT2D eigenvalue weighted by Crippen LogP contribution is 2.21. The van der Waals surface area contributed by atoms with Crippen molar-refractivity contribution in [3.05, 3.63) is 23.3 Å². The fourth-order valence-corrected chi connectivity index (χ4v) is 2.92. The van der Waals surface area contributed by atoms with Gasteiger partial charge in [-0.05, 0) is 49.9 Å². The lowest BCUT2D eigenvalue weighted by Crippen LogP contribution is -2.25. The first-order valence-corrected chi connectivity index (χ1v) is 7.87. The van der Waals surface area contributed by atoms with E-state index in [-0.39, 0.29) is 23.8 Å². The van der Waals surface area contributed by atoms with Gasteiger partial charge < -0.3 is 11.5 Å². The molecule has 0 saturated heterocycles. The molecule has 20 heavy (non-hydrogen) atoms. The van der Waals surface area contributed by atoms with Crippen LogP contribution in [0, 0.1) is 13.8 Å². The molecule has 0 heterocycles. The van der Waals surface area contributed by atoms with Crippen LogP contribution in [0.4, 0.5) is 5.69 Å². The van der Waals surface area contributed by atoms with Gasteiger partial charge in [-0.2, -0.15) is 0 Å². The first kappa shape index (κ1) is 16.5. The average molecular weight is 299 g/mol. The first-order valence-electron chi connectivity index (χ1n) is 6.38. The molecule has 5 N–H and O–H groups in total. The molecule has 0 radical (unpaired) electrons. The van der Waals surface area contributed by atoms with E-state index in [9.17, 15) is 13.2 Å². The van der Waals surface area contributed by atoms with Crippen LogP contribution >= 0.6 is 0 Å². The van der Waals surface area contributed by atoms with Crippen LogP contribution in [0.3, 0.4) is 0 Å². The number of primary amides is 1. The fraction of sp³-hybridized carbons (Fsp3) is 0.462. The molecule has 1 rings (SSSR count). The summed E-state index contributed by atoms with van der Waals surface area (Å²) in [7, 11) is -3.57. The topological polar surface area (TPSA) is 115 Å². The van der Waals surface area contributed by atoms with Gasteiger partial charge in [-0.1, -0.05) is 0 Å². The molecule has 0 aliphatic heterocycles. The van der Waals surface area contributed by atoms with Crippen molar-refractivity contribution in [2.75, 3.05) is 12.3 Å². The number of anilines is 1. The molecule has 0 fully saturated rings. The highest BCUT2D eigenvalue weighted by atomic mass is 32.2. The Morgan fingerprint density at radius 2 is 1.90 bits per heavy atom. The second-order valence-corrected chi connectivity index (χ2v) is 6.54. The van der Waals surface area contributed by atoms with E-state index in [1.165, 1.54) is 6.07 Å². The Morgan fingerprint density at radius 1 is 1.25 bits per heavy atom. The lowest BCUT2D eigenvalue weighted by atomic mass is 10.1. The highest BCUT2D eigenvalue weighted by Gasteiger charge is 2.15. The number of aryl methyl sites for hydroxylation is 1. The van der Waals surface area contributed by atoms with Crippen LogP contribution in [0.25, 0.3) is 0 Å². The Morgan fingerprint density at radius 3 is 2.45 bits per heavy atom. The number of unbranched alkanes of at least 4 members (excludes halogenated alkanes) is 1. The number of nitrogens with two attached hydrogens (primary N) is 2. The molecule has 0 unspecified atom stereocenters. The zero-order valence-corrected chi connectivity index (χ0v) is 12.6. The quantitative estimate of drug-likeness (QED) is 0.510. The van der Waals surface area contributed by atoms with E-state index >= 15 is 0 Å². The molecule has 6 nitrogen and oxygen atoms in total. The molecular weight excluding hydrogens is 278 g/mol. The van der Waals surface area contributed by atoms with Crippen molar-refractivity contribution >= 4 is 21.6 Å². The van der Waals surface area contributed by atoms with Crippen LogP contribution < -0.4 is 16.2 Å². The predicted molar refractivity (Wildman–Crippen MR) is 78.6 cm³/mol. The summed E-state index contributed by atoms with van der Waals surface area (Å²) in [5.74, 6) is -0.380. The Balaban J connectivity index is 2.67. The monoisotopic (exact) mass is 299 g/mol. The van der Waals surface area contributed by atoms with Gasteiger partial charge in [0.05, 0.1) is 4.90 Å². The van der Waals surface area contributed by atoms with Crippen LogP contribution in [-0.4, -0.2) is 20.9 Å². The number of sulfonamides is 1. The van der Waals surface area contributed by atoms with Crippen LogP contribution in [-0.2, 0) is 14.8 Å². The zero-order valence-electron chi connectivity index (χ0n) is 11.8. The van der Waals surface area contributed by atoms with E-state index in [1.54, 1.807) is 6.07 Å². The molecule has 0 aliphatic rings. The minimum Gasteiger partial charge on any atom is -0.398 e. The molecule has 0 spiro atoms. The average Bonchev–Trinajstić information content (AvgIpc) is 2.34. The third-order valence-electron chi connectivity index (χ3n) is 3.13. The fourth-order valence-electron chi connectivity index (χ4n) is 1.72. The molecule has 1 aromatic carbocycles. The molecule has 0 aromatic heterocycles. The Labute approximate surface area is 119 Å². The number of nitrogens with one attached hydrogen (secondary N) is 1. The standard InChI is InChI=1S/C13H21N3O3S/c1-9-7-11(8-12(14)10(9)2)20(18,19)16-6-4-3-5-13(15)17/h7-8,16H,3-6,14H2,1-2H3,(H2,15,17). The second kappa shape index (κ2) is 6.71. The smallest absolute Gasteiger partial charge is 0.240 e. The number of hydrogen-bond acceptors (Lipinski definition) is 4. The van der Waals surface area contributed by atoms with Crippen LogP contribution in [0.2, 0.25) is 0 Å². The van der Waals surface area contributed by atoms with Crippen LogP contribution in [0.1, 0.15) is 30.4 Å². The summed E-state index contributed by atoms with van der Waals surface area (Å²) in [4.78, 5) is 10.7. The largest absolute Gasteiger partial charge is 0.398 e. The second-order valence-electron chi connectivity index (χ2n) is 4.78. The molecule has 0 atom stereocenters. The summed E-state index contributed by atoms with van der Waals surface area (Å²) < 4.78 is 26.7. The lowest BCUT2D eigenvalue weighted by molar-refractivity contribution is -0.118. The van der Waals surface area contributed by atoms with E-state index < -0.39 is 10.0 Å². The molecule has 0 aliphatic carbocycles. The van der Waals surface area contributed by atoms with E-state index in [1.807, 2.05) is 13.8 Å². The zero-order chi connectivity index (χ0) is 15.3. The summed E-state index contributed by atoms with van der Waals surface area (Å²) in [5, 5.41) is 0. The number of hydrogen-bond donors (Lipinski definition) is 3. The summed E-state index contributed by atoms with van der Waals surface area (Å²) >= 11 is 0. The summed E-state index contributed by atoms with van der Waals surface area (Å²) in [6.07, 6.45) is 1.38. The Bertz CT molecular complexity index is 574. The number of nitrogen functional groups attached to an aromatic ring is 1. The number of carbonyl (C=O) groups excluding carboxylic acids is 1. The van der Waals surface area contributed by atoms with E-state index in [4.69, 9.17) is 11.5 Å². The maximum absolute atomic E-state index is 12.1. The number of benzene rings is 1. The summed E-state index contributed by atoms with van der Waals surface area (Å²) in [6.45, 7) is 3.93. The van der Waals surface area contributed by atoms with Crippen molar-refractivity contribution in [2.45, 2.75) is 38.0 Å². The van der Waals surface area contributed by atoms with Crippen LogP contribution in [0.15, 0.2) is 17.0 Å².